The van der Waals surface area contributed by atoms with Crippen LogP contribution in [0.5, 0.6) is 0 Å². The molecule has 0 radical (unpaired) electrons. The van der Waals surface area contributed by atoms with Crippen LogP contribution in [0, 0.1) is 13.8 Å². The van der Waals surface area contributed by atoms with E-state index in [1.807, 2.05) is 13.8 Å². The predicted octanol–water partition coefficient (Wildman–Crippen LogP) is 1.82. The number of hydrogen-bond acceptors (Lipinski definition) is 7. The summed E-state index contributed by atoms with van der Waals surface area (Å²) >= 11 is 0. The number of rotatable bonds is 4. The van der Waals surface area contributed by atoms with Crippen molar-refractivity contribution in [3.8, 4) is 0 Å². The molecule has 0 spiro atoms. The second-order valence-electron chi connectivity index (χ2n) is 6.51. The molecule has 1 N–H and O–H groups in total. The number of H-pyrrole nitrogens is 1. The van der Waals surface area contributed by atoms with E-state index in [1.54, 1.807) is 35.7 Å². The molecule has 9 heteroatoms. The van der Waals surface area contributed by atoms with Gasteiger partial charge in [-0.25, -0.2) is 14.5 Å². The molecule has 0 aliphatic carbocycles. The zero-order chi connectivity index (χ0) is 19.8. The normalized spacial score (nSPS) is 12.4. The Morgan fingerprint density at radius 1 is 1.25 bits per heavy atom. The van der Waals surface area contributed by atoms with Gasteiger partial charge in [-0.3, -0.25) is 9.59 Å². The van der Waals surface area contributed by atoms with Crippen LogP contribution in [-0.4, -0.2) is 35.5 Å². The number of aromatic nitrogens is 6. The molecule has 0 aliphatic rings. The summed E-state index contributed by atoms with van der Waals surface area (Å²) in [6, 6.07) is 7.01. The van der Waals surface area contributed by atoms with Gasteiger partial charge in [-0.2, -0.15) is 10.1 Å². The molecular formula is C19H18N6O3. The van der Waals surface area contributed by atoms with Gasteiger partial charge in [0.2, 0.25) is 0 Å². The molecule has 3 aromatic heterocycles. The van der Waals surface area contributed by atoms with Gasteiger partial charge in [0.15, 0.2) is 11.9 Å². The third kappa shape index (κ3) is 3.11. The molecule has 1 aromatic carbocycles. The molecule has 3 heterocycles. The molecule has 0 unspecified atom stereocenters. The fourth-order valence-corrected chi connectivity index (χ4v) is 3.15. The molecule has 28 heavy (non-hydrogen) atoms. The SMILES string of the molecule is Cc1nc2ncnn2c(C)c1CC(=O)O[C@H](C)c1nc2ccccc2c(=O)[nH]1. The number of fused-ring (bicyclic) bond motifs is 2. The lowest BCUT2D eigenvalue weighted by molar-refractivity contribution is -0.148. The number of para-hydroxylation sites is 1. The fraction of sp³-hybridized carbons (Fsp3) is 0.263. The maximum Gasteiger partial charge on any atom is 0.311 e. The van der Waals surface area contributed by atoms with Gasteiger partial charge in [0.25, 0.3) is 11.3 Å². The van der Waals surface area contributed by atoms with Gasteiger partial charge in [-0.15, -0.1) is 0 Å². The van der Waals surface area contributed by atoms with Crippen LogP contribution in [0.4, 0.5) is 0 Å². The summed E-state index contributed by atoms with van der Waals surface area (Å²) in [5, 5.41) is 4.60. The van der Waals surface area contributed by atoms with E-state index in [2.05, 4.69) is 25.0 Å². The number of ether oxygens (including phenoxy) is 1. The van der Waals surface area contributed by atoms with E-state index in [0.717, 1.165) is 11.3 Å². The Kier molecular flexibility index (Phi) is 4.34. The van der Waals surface area contributed by atoms with Crippen LogP contribution in [-0.2, 0) is 16.0 Å². The molecule has 0 saturated heterocycles. The Hall–Kier alpha value is -3.62. The number of aryl methyl sites for hydroxylation is 2. The molecule has 0 bridgehead atoms. The maximum atomic E-state index is 12.5. The van der Waals surface area contributed by atoms with Gasteiger partial charge in [-0.1, -0.05) is 12.1 Å². The summed E-state index contributed by atoms with van der Waals surface area (Å²) < 4.78 is 7.09. The predicted molar refractivity (Wildman–Crippen MR) is 101 cm³/mol. The average Bonchev–Trinajstić information content (AvgIpc) is 3.13. The molecular weight excluding hydrogens is 360 g/mol. The van der Waals surface area contributed by atoms with Crippen LogP contribution in [0.2, 0.25) is 0 Å². The van der Waals surface area contributed by atoms with Crippen molar-refractivity contribution in [3.05, 3.63) is 63.7 Å². The standard InChI is InChI=1S/C19H18N6O3/c1-10-14(11(2)25-19(22-10)20-9-21-25)8-16(26)28-12(3)17-23-15-7-5-4-6-13(15)18(27)24-17/h4-7,9,12H,8H2,1-3H3,(H,23,24,27)/t12-/m1/s1. The Labute approximate surface area is 159 Å². The monoisotopic (exact) mass is 378 g/mol. The summed E-state index contributed by atoms with van der Waals surface area (Å²) in [4.78, 5) is 40.2. The minimum atomic E-state index is -0.700. The Morgan fingerprint density at radius 2 is 2.04 bits per heavy atom. The first-order valence-corrected chi connectivity index (χ1v) is 8.78. The summed E-state index contributed by atoms with van der Waals surface area (Å²) in [6.07, 6.45) is 0.747. The number of nitrogens with zero attached hydrogens (tertiary/aromatic N) is 5. The summed E-state index contributed by atoms with van der Waals surface area (Å²) in [6.45, 7) is 5.34. The van der Waals surface area contributed by atoms with Crippen LogP contribution in [0.25, 0.3) is 16.7 Å². The zero-order valence-electron chi connectivity index (χ0n) is 15.6. The van der Waals surface area contributed by atoms with Gasteiger partial charge in [0.05, 0.1) is 17.3 Å². The molecule has 4 rings (SSSR count). The molecule has 142 valence electrons. The van der Waals surface area contributed by atoms with Crippen molar-refractivity contribution in [1.29, 1.82) is 0 Å². The Morgan fingerprint density at radius 3 is 2.86 bits per heavy atom. The van der Waals surface area contributed by atoms with Crippen molar-refractivity contribution in [2.24, 2.45) is 0 Å². The highest BCUT2D eigenvalue weighted by Gasteiger charge is 2.19. The minimum Gasteiger partial charge on any atom is -0.454 e. The lowest BCUT2D eigenvalue weighted by Crippen LogP contribution is -2.19. The molecule has 1 atom stereocenters. The van der Waals surface area contributed by atoms with Gasteiger partial charge in [-0.05, 0) is 32.9 Å². The van der Waals surface area contributed by atoms with Crippen molar-refractivity contribution in [2.45, 2.75) is 33.3 Å². The Bertz CT molecular complexity index is 1260. The third-order valence-corrected chi connectivity index (χ3v) is 4.63. The maximum absolute atomic E-state index is 12.5. The summed E-state index contributed by atoms with van der Waals surface area (Å²) in [5.74, 6) is 0.338. The first kappa shape index (κ1) is 17.8. The first-order chi connectivity index (χ1) is 13.4. The number of carbonyl (C=O) groups is 1. The van der Waals surface area contributed by atoms with Crippen molar-refractivity contribution < 1.29 is 9.53 Å². The molecule has 0 aliphatic heterocycles. The van der Waals surface area contributed by atoms with Crippen molar-refractivity contribution in [2.75, 3.05) is 0 Å². The lowest BCUT2D eigenvalue weighted by Gasteiger charge is -2.14. The number of aromatic amines is 1. The number of benzene rings is 1. The molecule has 0 amide bonds. The highest BCUT2D eigenvalue weighted by Crippen LogP contribution is 2.18. The van der Waals surface area contributed by atoms with E-state index in [1.165, 1.54) is 6.33 Å². The zero-order valence-corrected chi connectivity index (χ0v) is 15.6. The van der Waals surface area contributed by atoms with Crippen molar-refractivity contribution in [1.82, 2.24) is 29.5 Å². The van der Waals surface area contributed by atoms with E-state index < -0.39 is 12.1 Å². The third-order valence-electron chi connectivity index (χ3n) is 4.63. The topological polar surface area (TPSA) is 115 Å². The fourth-order valence-electron chi connectivity index (χ4n) is 3.15. The molecule has 4 aromatic rings. The van der Waals surface area contributed by atoms with Crippen LogP contribution < -0.4 is 5.56 Å². The van der Waals surface area contributed by atoms with E-state index in [4.69, 9.17) is 4.74 Å². The van der Waals surface area contributed by atoms with Crippen LogP contribution in [0.1, 0.15) is 35.8 Å². The number of nitrogens with one attached hydrogen (secondary N) is 1. The minimum absolute atomic E-state index is 0.0304. The summed E-state index contributed by atoms with van der Waals surface area (Å²) in [7, 11) is 0. The lowest BCUT2D eigenvalue weighted by atomic mass is 10.1. The molecule has 0 saturated carbocycles. The molecule has 0 fully saturated rings. The van der Waals surface area contributed by atoms with Crippen LogP contribution in [0.15, 0.2) is 35.4 Å². The quantitative estimate of drug-likeness (QED) is 0.539. The molecule has 9 nitrogen and oxygen atoms in total. The van der Waals surface area contributed by atoms with E-state index >= 15 is 0 Å². The smallest absolute Gasteiger partial charge is 0.311 e. The van der Waals surface area contributed by atoms with Gasteiger partial charge in [0.1, 0.15) is 6.33 Å². The van der Waals surface area contributed by atoms with Gasteiger partial charge in [0, 0.05) is 17.0 Å². The number of hydrogen-bond donors (Lipinski definition) is 1. The Balaban J connectivity index is 1.56. The second-order valence-corrected chi connectivity index (χ2v) is 6.51. The van der Waals surface area contributed by atoms with Gasteiger partial charge < -0.3 is 9.72 Å². The van der Waals surface area contributed by atoms with Crippen LogP contribution in [0.3, 0.4) is 0 Å². The highest BCUT2D eigenvalue weighted by molar-refractivity contribution is 5.77. The van der Waals surface area contributed by atoms with Crippen LogP contribution >= 0.6 is 0 Å². The second kappa shape index (κ2) is 6.84. The van der Waals surface area contributed by atoms with E-state index in [-0.39, 0.29) is 12.0 Å². The highest BCUT2D eigenvalue weighted by atomic mass is 16.5. The average molecular weight is 378 g/mol. The van der Waals surface area contributed by atoms with E-state index in [0.29, 0.717) is 28.2 Å². The first-order valence-electron chi connectivity index (χ1n) is 8.78. The van der Waals surface area contributed by atoms with Gasteiger partial charge >= 0.3 is 5.97 Å². The number of carbonyl (C=O) groups excluding carboxylic acids is 1. The summed E-state index contributed by atoms with van der Waals surface area (Å²) in [5.41, 5.74) is 2.49. The van der Waals surface area contributed by atoms with Crippen molar-refractivity contribution >= 4 is 22.6 Å². The van der Waals surface area contributed by atoms with E-state index in [9.17, 15) is 9.59 Å². The number of esters is 1. The largest absolute Gasteiger partial charge is 0.454 e. The van der Waals surface area contributed by atoms with Crippen molar-refractivity contribution in [3.63, 3.8) is 0 Å².